The molecule has 0 saturated heterocycles. The standard InChI is InChI=1S/C53H86N2/c1-9-17-19-20-21-22-23-24-25-26-27-29-37-51-50(36-28-18-10-2)52(46-38-42(30-11-3)48(34-15-7)43(39-46)31-12-4)55(54)53(51)47-40-44(32-13-5)49(35-16-8)45(41-47)33-14-6/h38-41H,9-37H2,1-8H3. The average Bonchev–Trinajstić information content (AvgIpc) is 3.45. The number of rotatable bonds is 31. The molecule has 1 aliphatic heterocycles. The third-order valence-corrected chi connectivity index (χ3v) is 12.2. The molecule has 55 heavy (non-hydrogen) atoms. The van der Waals surface area contributed by atoms with Crippen molar-refractivity contribution >= 4 is 11.4 Å². The van der Waals surface area contributed by atoms with Gasteiger partial charge < -0.3 is 5.53 Å². The van der Waals surface area contributed by atoms with Crippen LogP contribution in [-0.4, -0.2) is 4.70 Å². The number of hydrogen-bond donors (Lipinski definition) is 0. The summed E-state index contributed by atoms with van der Waals surface area (Å²) in [7, 11) is 0. The second-order valence-corrected chi connectivity index (χ2v) is 17.1. The molecule has 0 aliphatic carbocycles. The summed E-state index contributed by atoms with van der Waals surface area (Å²) < 4.78 is 1.71. The van der Waals surface area contributed by atoms with Crippen LogP contribution in [0.15, 0.2) is 35.4 Å². The molecule has 2 heteroatoms. The molecule has 3 rings (SSSR count). The summed E-state index contributed by atoms with van der Waals surface area (Å²) >= 11 is 0. The van der Waals surface area contributed by atoms with Gasteiger partial charge >= 0.3 is 0 Å². The van der Waals surface area contributed by atoms with Crippen molar-refractivity contribution in [3.8, 4) is 0 Å². The maximum Gasteiger partial charge on any atom is 0.211 e. The van der Waals surface area contributed by atoms with Gasteiger partial charge in [-0.25, -0.2) is 4.70 Å². The lowest BCUT2D eigenvalue weighted by Crippen LogP contribution is -2.08. The minimum Gasteiger partial charge on any atom is -0.493 e. The Labute approximate surface area is 342 Å². The zero-order valence-electron chi connectivity index (χ0n) is 37.7. The molecule has 0 saturated carbocycles. The van der Waals surface area contributed by atoms with E-state index in [1.54, 1.807) is 15.8 Å². The van der Waals surface area contributed by atoms with E-state index in [9.17, 15) is 5.53 Å². The van der Waals surface area contributed by atoms with Crippen molar-refractivity contribution in [1.82, 2.24) is 0 Å². The molecule has 0 spiro atoms. The Hall–Kier alpha value is -2.48. The first-order valence-electron chi connectivity index (χ1n) is 24.2. The molecule has 0 N–H and O–H groups in total. The summed E-state index contributed by atoms with van der Waals surface area (Å²) in [5.74, 6) is 0. The summed E-state index contributed by atoms with van der Waals surface area (Å²) in [4.78, 5) is 0. The van der Waals surface area contributed by atoms with E-state index in [-0.39, 0.29) is 0 Å². The van der Waals surface area contributed by atoms with Crippen molar-refractivity contribution in [1.29, 1.82) is 0 Å². The molecule has 0 fully saturated rings. The Kier molecular flexibility index (Phi) is 23.2. The highest BCUT2D eigenvalue weighted by atomic mass is 15.2. The van der Waals surface area contributed by atoms with Crippen LogP contribution in [0.25, 0.3) is 16.9 Å². The number of hydrogen-bond acceptors (Lipinski definition) is 0. The highest BCUT2D eigenvalue weighted by Crippen LogP contribution is 2.46. The Morgan fingerprint density at radius 2 is 0.600 bits per heavy atom. The summed E-state index contributed by atoms with van der Waals surface area (Å²) in [6, 6.07) is 9.98. The zero-order chi connectivity index (χ0) is 39.8. The van der Waals surface area contributed by atoms with Crippen molar-refractivity contribution in [2.24, 2.45) is 0 Å². The Morgan fingerprint density at radius 3 is 0.909 bits per heavy atom. The van der Waals surface area contributed by atoms with Crippen LogP contribution in [0.2, 0.25) is 0 Å². The van der Waals surface area contributed by atoms with Gasteiger partial charge in [-0.15, -0.1) is 0 Å². The molecule has 0 unspecified atom stereocenters. The van der Waals surface area contributed by atoms with Crippen LogP contribution in [-0.2, 0) is 38.5 Å². The quantitative estimate of drug-likeness (QED) is 0.0542. The smallest absolute Gasteiger partial charge is 0.211 e. The fourth-order valence-corrected chi connectivity index (χ4v) is 9.46. The summed E-state index contributed by atoms with van der Waals surface area (Å²) in [6.07, 6.45) is 35.7. The van der Waals surface area contributed by atoms with E-state index in [2.05, 4.69) is 79.7 Å². The van der Waals surface area contributed by atoms with Crippen molar-refractivity contribution in [3.63, 3.8) is 0 Å². The van der Waals surface area contributed by atoms with Gasteiger partial charge in [-0.2, -0.15) is 0 Å². The van der Waals surface area contributed by atoms with Crippen LogP contribution in [0.4, 0.5) is 0 Å². The molecule has 0 bridgehead atoms. The van der Waals surface area contributed by atoms with Gasteiger partial charge in [0, 0.05) is 22.3 Å². The average molecular weight is 751 g/mol. The third kappa shape index (κ3) is 14.1. The highest BCUT2D eigenvalue weighted by Gasteiger charge is 2.36. The fraction of sp³-hybridized carbons (Fsp3) is 0.698. The molecule has 1 aliphatic rings. The first-order valence-corrected chi connectivity index (χ1v) is 24.2. The fourth-order valence-electron chi connectivity index (χ4n) is 9.46. The van der Waals surface area contributed by atoms with Crippen LogP contribution < -0.4 is 0 Å². The van der Waals surface area contributed by atoms with Crippen molar-refractivity contribution in [2.75, 3.05) is 0 Å². The second kappa shape index (κ2) is 27.2. The van der Waals surface area contributed by atoms with Gasteiger partial charge in [0.05, 0.1) is 0 Å². The van der Waals surface area contributed by atoms with Gasteiger partial charge in [0.25, 0.3) is 0 Å². The molecule has 0 amide bonds. The van der Waals surface area contributed by atoms with E-state index in [1.165, 1.54) is 154 Å². The van der Waals surface area contributed by atoms with Crippen LogP contribution >= 0.6 is 0 Å². The lowest BCUT2D eigenvalue weighted by Gasteiger charge is -2.19. The summed E-state index contributed by atoms with van der Waals surface area (Å²) in [5, 5.41) is 0. The van der Waals surface area contributed by atoms with Gasteiger partial charge in [-0.1, -0.05) is 177 Å². The van der Waals surface area contributed by atoms with Crippen molar-refractivity contribution in [2.45, 2.75) is 242 Å². The molecular weight excluding hydrogens is 665 g/mol. The zero-order valence-corrected chi connectivity index (χ0v) is 37.7. The molecule has 2 aromatic rings. The first-order chi connectivity index (χ1) is 26.9. The van der Waals surface area contributed by atoms with E-state index < -0.39 is 0 Å². The van der Waals surface area contributed by atoms with E-state index in [0.717, 1.165) is 88.4 Å². The van der Waals surface area contributed by atoms with Gasteiger partial charge in [-0.3, -0.25) is 0 Å². The monoisotopic (exact) mass is 751 g/mol. The van der Waals surface area contributed by atoms with Gasteiger partial charge in [0.1, 0.15) is 0 Å². The van der Waals surface area contributed by atoms with Crippen molar-refractivity contribution in [3.05, 3.63) is 85.5 Å². The van der Waals surface area contributed by atoms with Crippen LogP contribution in [0.3, 0.4) is 0 Å². The summed E-state index contributed by atoms with van der Waals surface area (Å²) in [6.45, 7) is 18.6. The summed E-state index contributed by atoms with van der Waals surface area (Å²) in [5.41, 5.74) is 29.5. The maximum atomic E-state index is 12.8. The predicted molar refractivity (Wildman–Crippen MR) is 244 cm³/mol. The number of unbranched alkanes of at least 4 members (excludes halogenated alkanes) is 13. The minimum absolute atomic E-state index is 1.04. The maximum absolute atomic E-state index is 12.8. The SMILES string of the molecule is CCCCCCCCCCCCCCC1=C(c2cc(CCC)c(CCC)c(CCC)c2)[N+](=[N-])C(c2cc(CCC)c(CCC)c(CCC)c2)=C1CCCCC. The van der Waals surface area contributed by atoms with Crippen LogP contribution in [0.1, 0.15) is 248 Å². The second-order valence-electron chi connectivity index (χ2n) is 17.1. The van der Waals surface area contributed by atoms with Gasteiger partial charge in [0.2, 0.25) is 11.4 Å². The van der Waals surface area contributed by atoms with Crippen molar-refractivity contribution < 1.29 is 4.70 Å². The third-order valence-electron chi connectivity index (χ3n) is 12.2. The number of nitrogens with zero attached hydrogens (tertiary/aromatic N) is 2. The molecule has 2 aromatic carbocycles. The number of benzene rings is 2. The van der Waals surface area contributed by atoms with Gasteiger partial charge in [0.15, 0.2) is 0 Å². The van der Waals surface area contributed by atoms with E-state index >= 15 is 0 Å². The number of aryl methyl sites for hydroxylation is 4. The topological polar surface area (TPSA) is 25.3 Å². The minimum atomic E-state index is 1.04. The Balaban J connectivity index is 2.12. The van der Waals surface area contributed by atoms with E-state index in [1.807, 2.05) is 0 Å². The Bertz CT molecular complexity index is 1430. The van der Waals surface area contributed by atoms with Gasteiger partial charge in [-0.05, 0) is 122 Å². The molecule has 1 heterocycles. The Morgan fingerprint density at radius 1 is 0.327 bits per heavy atom. The molecular formula is C53H86N2. The first kappa shape index (κ1) is 46.9. The molecule has 308 valence electrons. The highest BCUT2D eigenvalue weighted by molar-refractivity contribution is 5.83. The molecule has 2 nitrogen and oxygen atoms in total. The lowest BCUT2D eigenvalue weighted by molar-refractivity contribution is -0.345. The van der Waals surface area contributed by atoms with Crippen LogP contribution in [0.5, 0.6) is 0 Å². The molecule has 0 atom stereocenters. The predicted octanol–water partition coefficient (Wildman–Crippen LogP) is 17.2. The van der Waals surface area contributed by atoms with Crippen LogP contribution in [0, 0.1) is 0 Å². The van der Waals surface area contributed by atoms with E-state index in [0.29, 0.717) is 0 Å². The lowest BCUT2D eigenvalue weighted by atomic mass is 9.86. The normalized spacial score (nSPS) is 13.3. The van der Waals surface area contributed by atoms with E-state index in [4.69, 9.17) is 0 Å². The molecule has 0 aromatic heterocycles. The molecule has 0 radical (unpaired) electrons. The largest absolute Gasteiger partial charge is 0.493 e. The number of allylic oxidation sites excluding steroid dienone is 2.